The first-order valence-corrected chi connectivity index (χ1v) is 9.71. The predicted molar refractivity (Wildman–Crippen MR) is 92.9 cm³/mol. The largest absolute Gasteiger partial charge is 0.534 e. The second kappa shape index (κ2) is 9.20. The third kappa shape index (κ3) is 5.55. The molecule has 7 nitrogen and oxygen atoms in total. The molecule has 0 bridgehead atoms. The number of esters is 1. The summed E-state index contributed by atoms with van der Waals surface area (Å²) < 4.78 is 77.6. The fourth-order valence-corrected chi connectivity index (χ4v) is 2.81. The maximum Gasteiger partial charge on any atom is 0.534 e. The zero-order chi connectivity index (χ0) is 20.8. The third-order valence-corrected chi connectivity index (χ3v) is 4.61. The summed E-state index contributed by atoms with van der Waals surface area (Å²) in [6, 6.07) is 7.30. The zero-order valence-corrected chi connectivity index (χ0v) is 15.8. The highest BCUT2D eigenvalue weighted by atomic mass is 32.2. The summed E-state index contributed by atoms with van der Waals surface area (Å²) in [5, 5.41) is 0. The molecule has 1 aliphatic heterocycles. The summed E-state index contributed by atoms with van der Waals surface area (Å²) in [6.45, 7) is 2.74. The van der Waals surface area contributed by atoms with Crippen LogP contribution in [0, 0.1) is 0 Å². The fourth-order valence-electron chi connectivity index (χ4n) is 2.34. The van der Waals surface area contributed by atoms with Crippen molar-refractivity contribution in [3.8, 4) is 0 Å². The van der Waals surface area contributed by atoms with Gasteiger partial charge in [0.2, 0.25) is 0 Å². The molecule has 0 spiro atoms. The molecule has 0 aromatic heterocycles. The highest BCUT2D eigenvalue weighted by Crippen LogP contribution is 2.29. The van der Waals surface area contributed by atoms with E-state index in [1.54, 1.807) is 13.0 Å². The molecular weight excluding hydrogens is 403 g/mol. The molecule has 1 heterocycles. The minimum Gasteiger partial charge on any atom is -0.458 e. The van der Waals surface area contributed by atoms with Gasteiger partial charge in [-0.05, 0) is 6.92 Å². The summed E-state index contributed by atoms with van der Waals surface area (Å²) in [5.41, 5.74) is -5.70. The lowest BCUT2D eigenvalue weighted by atomic mass is 10.1. The Balaban J connectivity index is 2.58. The van der Waals surface area contributed by atoms with Crippen LogP contribution in [0.1, 0.15) is 12.5 Å². The average molecular weight is 422 g/mol. The van der Waals surface area contributed by atoms with Crippen LogP contribution in [0.15, 0.2) is 36.4 Å². The molecule has 0 saturated carbocycles. The second-order valence-electron chi connectivity index (χ2n) is 5.56. The SMILES string of the molecule is CCOC(=O)C(/C=C(/OS(=O)(=O)C(F)(F)F)c1ccccc1)=[N+]1CCOCC1. The van der Waals surface area contributed by atoms with Gasteiger partial charge in [0.25, 0.3) is 5.71 Å². The van der Waals surface area contributed by atoms with E-state index in [1.165, 1.54) is 28.8 Å². The number of carbonyl (C=O) groups excluding carboxylic acids is 1. The molecule has 11 heteroatoms. The predicted octanol–water partition coefficient (Wildman–Crippen LogP) is 1.94. The number of rotatable bonds is 6. The third-order valence-electron chi connectivity index (χ3n) is 3.65. The summed E-state index contributed by atoms with van der Waals surface area (Å²) >= 11 is 0. The lowest BCUT2D eigenvalue weighted by Gasteiger charge is -2.15. The first-order chi connectivity index (χ1) is 13.2. The molecule has 1 saturated heterocycles. The van der Waals surface area contributed by atoms with E-state index in [1.807, 2.05) is 0 Å². The molecule has 1 aliphatic rings. The number of morpholine rings is 1. The standard InChI is InChI=1S/C17H19F3NO6S/c1-2-26-16(22)14(21-8-10-25-11-9-21)12-15(13-6-4-3-5-7-13)27-28(23,24)17(18,19)20/h3-7,12H,2,8-11H2,1H3/q+1/b15-12+. The first-order valence-electron chi connectivity index (χ1n) is 8.30. The van der Waals surface area contributed by atoms with Crippen LogP contribution < -0.4 is 0 Å². The van der Waals surface area contributed by atoms with Crippen LogP contribution in [0.5, 0.6) is 0 Å². The number of hydrogen-bond donors (Lipinski definition) is 0. The van der Waals surface area contributed by atoms with E-state index in [0.29, 0.717) is 13.2 Å². The van der Waals surface area contributed by atoms with Crippen molar-refractivity contribution in [2.45, 2.75) is 12.4 Å². The van der Waals surface area contributed by atoms with E-state index < -0.39 is 27.4 Å². The van der Waals surface area contributed by atoms with Crippen molar-refractivity contribution < 1.29 is 44.6 Å². The Labute approximate surface area is 160 Å². The van der Waals surface area contributed by atoms with Gasteiger partial charge in [-0.25, -0.2) is 9.37 Å². The minimum atomic E-state index is -5.94. The smallest absolute Gasteiger partial charge is 0.458 e. The molecule has 1 aromatic rings. The fraction of sp³-hybridized carbons (Fsp3) is 0.412. The van der Waals surface area contributed by atoms with Crippen LogP contribution in [-0.2, 0) is 28.6 Å². The maximum atomic E-state index is 12.8. The molecule has 28 heavy (non-hydrogen) atoms. The minimum absolute atomic E-state index is 0.0306. The van der Waals surface area contributed by atoms with Gasteiger partial charge in [-0.15, -0.1) is 0 Å². The van der Waals surface area contributed by atoms with Gasteiger partial charge in [-0.2, -0.15) is 21.6 Å². The quantitative estimate of drug-likeness (QED) is 0.229. The van der Waals surface area contributed by atoms with Gasteiger partial charge in [0.1, 0.15) is 13.2 Å². The van der Waals surface area contributed by atoms with Gasteiger partial charge in [0.15, 0.2) is 18.8 Å². The van der Waals surface area contributed by atoms with Gasteiger partial charge in [-0.1, -0.05) is 30.3 Å². The summed E-state index contributed by atoms with van der Waals surface area (Å²) in [6.07, 6.45) is 0.946. The monoisotopic (exact) mass is 422 g/mol. The van der Waals surface area contributed by atoms with Crippen molar-refractivity contribution in [1.82, 2.24) is 0 Å². The van der Waals surface area contributed by atoms with Crippen LogP contribution >= 0.6 is 0 Å². The lowest BCUT2D eigenvalue weighted by molar-refractivity contribution is -0.548. The van der Waals surface area contributed by atoms with E-state index >= 15 is 0 Å². The Bertz CT molecular complexity index is 855. The van der Waals surface area contributed by atoms with E-state index in [9.17, 15) is 26.4 Å². The number of nitrogens with zero attached hydrogens (tertiary/aromatic N) is 1. The molecule has 1 fully saturated rings. The number of hydrogen-bond acceptors (Lipinski definition) is 6. The highest BCUT2D eigenvalue weighted by molar-refractivity contribution is 7.87. The number of halogens is 3. The van der Waals surface area contributed by atoms with E-state index in [-0.39, 0.29) is 31.0 Å². The highest BCUT2D eigenvalue weighted by Gasteiger charge is 2.49. The van der Waals surface area contributed by atoms with Crippen LogP contribution in [0.25, 0.3) is 5.76 Å². The average Bonchev–Trinajstić information content (AvgIpc) is 2.65. The Morgan fingerprint density at radius 1 is 1.21 bits per heavy atom. The number of benzene rings is 1. The van der Waals surface area contributed by atoms with Gasteiger partial charge in [0, 0.05) is 5.56 Å². The second-order valence-corrected chi connectivity index (χ2v) is 7.10. The number of ether oxygens (including phenoxy) is 2. The molecule has 0 amide bonds. The zero-order valence-electron chi connectivity index (χ0n) is 14.9. The first kappa shape index (κ1) is 21.9. The van der Waals surface area contributed by atoms with Crippen molar-refractivity contribution in [3.63, 3.8) is 0 Å². The summed E-state index contributed by atoms with van der Waals surface area (Å²) in [5.74, 6) is -1.46. The molecule has 154 valence electrons. The van der Waals surface area contributed by atoms with Crippen LogP contribution in [0.3, 0.4) is 0 Å². The van der Waals surface area contributed by atoms with E-state index in [0.717, 1.165) is 6.08 Å². The van der Waals surface area contributed by atoms with Crippen molar-refractivity contribution >= 4 is 27.6 Å². The number of alkyl halides is 3. The summed E-state index contributed by atoms with van der Waals surface area (Å²) in [4.78, 5) is 12.4. The molecular formula is C17H19F3NO6S+. The maximum absolute atomic E-state index is 12.8. The Kier molecular flexibility index (Phi) is 7.19. The van der Waals surface area contributed by atoms with Crippen molar-refractivity contribution in [2.75, 3.05) is 32.9 Å². The van der Waals surface area contributed by atoms with Crippen molar-refractivity contribution in [2.24, 2.45) is 0 Å². The molecule has 0 radical (unpaired) electrons. The van der Waals surface area contributed by atoms with Gasteiger partial charge in [0.05, 0.1) is 12.7 Å². The topological polar surface area (TPSA) is 81.9 Å². The van der Waals surface area contributed by atoms with Gasteiger partial charge >= 0.3 is 21.6 Å². The van der Waals surface area contributed by atoms with Gasteiger partial charge in [-0.3, -0.25) is 0 Å². The summed E-state index contributed by atoms with van der Waals surface area (Å²) in [7, 11) is -5.94. The Morgan fingerprint density at radius 2 is 1.82 bits per heavy atom. The Morgan fingerprint density at radius 3 is 2.36 bits per heavy atom. The number of carbonyl (C=O) groups is 1. The molecule has 0 atom stereocenters. The van der Waals surface area contributed by atoms with E-state index in [2.05, 4.69) is 4.18 Å². The van der Waals surface area contributed by atoms with Crippen molar-refractivity contribution in [3.05, 3.63) is 42.0 Å². The van der Waals surface area contributed by atoms with Gasteiger partial charge < -0.3 is 13.7 Å². The van der Waals surface area contributed by atoms with Crippen LogP contribution in [0.2, 0.25) is 0 Å². The van der Waals surface area contributed by atoms with Crippen LogP contribution in [0.4, 0.5) is 13.2 Å². The van der Waals surface area contributed by atoms with Crippen molar-refractivity contribution in [1.29, 1.82) is 0 Å². The molecule has 0 N–H and O–H groups in total. The normalized spacial score (nSPS) is 15.9. The lowest BCUT2D eigenvalue weighted by Crippen LogP contribution is -2.37. The van der Waals surface area contributed by atoms with E-state index in [4.69, 9.17) is 9.47 Å². The molecule has 0 aliphatic carbocycles. The molecule has 2 rings (SSSR count). The molecule has 1 aromatic carbocycles. The molecule has 0 unspecified atom stereocenters. The van der Waals surface area contributed by atoms with Crippen LogP contribution in [-0.4, -0.2) is 63.1 Å². The Hall–Kier alpha value is -2.40.